The van der Waals surface area contributed by atoms with E-state index in [4.69, 9.17) is 4.42 Å². The molecule has 3 heteroatoms. The highest BCUT2D eigenvalue weighted by atomic mass is 32.1. The second-order valence-corrected chi connectivity index (χ2v) is 21.5. The van der Waals surface area contributed by atoms with Gasteiger partial charge in [-0.15, -0.1) is 11.3 Å². The first kappa shape index (κ1) is 42.0. The van der Waals surface area contributed by atoms with Crippen LogP contribution in [0.3, 0.4) is 0 Å². The van der Waals surface area contributed by atoms with Crippen molar-refractivity contribution in [2.75, 3.05) is 4.90 Å². The normalized spacial score (nSPS) is 13.8. The molecule has 0 atom stereocenters. The lowest BCUT2D eigenvalue weighted by Crippen LogP contribution is -2.28. The number of rotatable bonds is 7. The van der Waals surface area contributed by atoms with E-state index in [0.29, 0.717) is 0 Å². The first-order valence-electron chi connectivity index (χ1n) is 25.3. The molecule has 0 spiro atoms. The van der Waals surface area contributed by atoms with Gasteiger partial charge in [-0.25, -0.2) is 0 Å². The van der Waals surface area contributed by atoms with Gasteiger partial charge in [-0.3, -0.25) is 0 Å². The van der Waals surface area contributed by atoms with Gasteiger partial charge in [0, 0.05) is 53.4 Å². The van der Waals surface area contributed by atoms with E-state index in [1.165, 1.54) is 86.9 Å². The van der Waals surface area contributed by atoms with E-state index in [1.807, 2.05) is 23.5 Å². The van der Waals surface area contributed by atoms with Crippen LogP contribution in [0, 0.1) is 0 Å². The Morgan fingerprint density at radius 2 is 0.849 bits per heavy atom. The summed E-state index contributed by atoms with van der Waals surface area (Å²) < 4.78 is 8.88. The molecular formula is C70H47NOS. The number of benzene rings is 11. The van der Waals surface area contributed by atoms with Crippen molar-refractivity contribution in [3.63, 3.8) is 0 Å². The maximum Gasteiger partial charge on any atom is 0.135 e. The molecule has 73 heavy (non-hydrogen) atoms. The highest BCUT2D eigenvalue weighted by Crippen LogP contribution is 2.58. The second kappa shape index (κ2) is 15.9. The van der Waals surface area contributed by atoms with Gasteiger partial charge < -0.3 is 9.32 Å². The van der Waals surface area contributed by atoms with E-state index in [0.717, 1.165) is 50.1 Å². The Bertz CT molecular complexity index is 4310. The van der Waals surface area contributed by atoms with Gasteiger partial charge in [0.1, 0.15) is 11.2 Å². The van der Waals surface area contributed by atoms with E-state index >= 15 is 0 Å². The Hall–Kier alpha value is -8.76. The van der Waals surface area contributed by atoms with Gasteiger partial charge in [-0.05, 0) is 157 Å². The van der Waals surface area contributed by atoms with Crippen LogP contribution in [0.2, 0.25) is 0 Å². The molecule has 2 aliphatic rings. The Morgan fingerprint density at radius 3 is 1.66 bits per heavy atom. The number of hydrogen-bond acceptors (Lipinski definition) is 3. The third kappa shape index (κ3) is 6.22. The summed E-state index contributed by atoms with van der Waals surface area (Å²) in [4.78, 5) is 2.47. The molecule has 13 aromatic rings. The monoisotopic (exact) mass is 949 g/mol. The minimum atomic E-state index is -0.480. The minimum Gasteiger partial charge on any atom is -0.456 e. The standard InChI is InChI=1S/C70H47NOS/c1-69(2)63-41-47(46-29-38-68-60(40-46)57-21-11-14-24-67(57)73-68)27-34-54(63)55-35-32-52(43-64(55)69)71(50-30-25-44(26-31-50)45-28-37-66-59(39-45)56-20-10-13-23-65(56)72-66)51-33-36-62-58(42-51)53-19-9-12-22-61(53)70(62,48-15-5-3-6-16-48)49-17-7-4-8-18-49/h3-43H,1-2H3. The number of fused-ring (bicyclic) bond motifs is 12. The molecule has 2 heterocycles. The fraction of sp³-hybridized carbons (Fsp3) is 0.0571. The molecule has 15 rings (SSSR count). The molecule has 0 fully saturated rings. The van der Waals surface area contributed by atoms with Crippen molar-refractivity contribution in [1.29, 1.82) is 0 Å². The largest absolute Gasteiger partial charge is 0.456 e. The maximum absolute atomic E-state index is 6.22. The van der Waals surface area contributed by atoms with E-state index in [9.17, 15) is 0 Å². The molecule has 0 saturated heterocycles. The van der Waals surface area contributed by atoms with Gasteiger partial charge in [0.15, 0.2) is 0 Å². The lowest BCUT2D eigenvalue weighted by molar-refractivity contribution is 0.660. The van der Waals surface area contributed by atoms with Gasteiger partial charge in [-0.2, -0.15) is 0 Å². The molecule has 0 aliphatic heterocycles. The Kier molecular flexibility index (Phi) is 9.12. The highest BCUT2D eigenvalue weighted by molar-refractivity contribution is 7.25. The summed E-state index contributed by atoms with van der Waals surface area (Å²) in [6.07, 6.45) is 0. The lowest BCUT2D eigenvalue weighted by Gasteiger charge is -2.34. The smallest absolute Gasteiger partial charge is 0.135 e. The Balaban J connectivity index is 0.878. The molecule has 344 valence electrons. The second-order valence-electron chi connectivity index (χ2n) is 20.4. The zero-order valence-corrected chi connectivity index (χ0v) is 41.3. The predicted octanol–water partition coefficient (Wildman–Crippen LogP) is 19.4. The first-order chi connectivity index (χ1) is 35.9. The summed E-state index contributed by atoms with van der Waals surface area (Å²) in [6.45, 7) is 4.80. The fourth-order valence-corrected chi connectivity index (χ4v) is 13.8. The zero-order chi connectivity index (χ0) is 48.4. The summed E-state index contributed by atoms with van der Waals surface area (Å²) in [5.41, 5.74) is 22.1. The van der Waals surface area contributed by atoms with Crippen LogP contribution in [-0.2, 0) is 10.8 Å². The number of furan rings is 1. The molecule has 2 nitrogen and oxygen atoms in total. The van der Waals surface area contributed by atoms with Crippen LogP contribution in [0.15, 0.2) is 253 Å². The summed E-state index contributed by atoms with van der Waals surface area (Å²) in [5, 5.41) is 4.92. The molecule has 0 saturated carbocycles. The summed E-state index contributed by atoms with van der Waals surface area (Å²) >= 11 is 1.87. The van der Waals surface area contributed by atoms with Crippen molar-refractivity contribution in [2.24, 2.45) is 0 Å². The van der Waals surface area contributed by atoms with Crippen LogP contribution in [0.4, 0.5) is 17.1 Å². The zero-order valence-electron chi connectivity index (χ0n) is 40.4. The fourth-order valence-electron chi connectivity index (χ4n) is 12.7. The van der Waals surface area contributed by atoms with E-state index < -0.39 is 5.41 Å². The van der Waals surface area contributed by atoms with Crippen LogP contribution in [-0.4, -0.2) is 0 Å². The molecule has 2 aromatic heterocycles. The van der Waals surface area contributed by atoms with Crippen LogP contribution in [0.5, 0.6) is 0 Å². The van der Waals surface area contributed by atoms with Crippen molar-refractivity contribution >= 4 is 70.5 Å². The number of nitrogens with zero attached hydrogens (tertiary/aromatic N) is 1. The third-order valence-corrected chi connectivity index (χ3v) is 17.3. The first-order valence-corrected chi connectivity index (χ1v) is 26.1. The minimum absolute atomic E-state index is 0.247. The van der Waals surface area contributed by atoms with Crippen molar-refractivity contribution in [1.82, 2.24) is 0 Å². The molecular weight excluding hydrogens is 903 g/mol. The average molecular weight is 950 g/mol. The van der Waals surface area contributed by atoms with Crippen molar-refractivity contribution in [3.05, 3.63) is 282 Å². The van der Waals surface area contributed by atoms with Gasteiger partial charge in [-0.1, -0.05) is 184 Å². The van der Waals surface area contributed by atoms with Crippen LogP contribution >= 0.6 is 11.3 Å². The summed E-state index contributed by atoms with van der Waals surface area (Å²) in [7, 11) is 0. The Labute approximate surface area is 428 Å². The average Bonchev–Trinajstić information content (AvgIpc) is 4.17. The van der Waals surface area contributed by atoms with Gasteiger partial charge in [0.25, 0.3) is 0 Å². The molecule has 0 N–H and O–H groups in total. The van der Waals surface area contributed by atoms with E-state index in [2.05, 4.69) is 255 Å². The van der Waals surface area contributed by atoms with Crippen LogP contribution in [0.25, 0.3) is 86.6 Å². The maximum atomic E-state index is 6.22. The third-order valence-electron chi connectivity index (χ3n) is 16.2. The lowest BCUT2D eigenvalue weighted by atomic mass is 9.68. The Morgan fingerprint density at radius 1 is 0.329 bits per heavy atom. The van der Waals surface area contributed by atoms with E-state index in [1.54, 1.807) is 0 Å². The number of anilines is 3. The number of hydrogen-bond donors (Lipinski definition) is 0. The summed E-state index contributed by atoms with van der Waals surface area (Å²) in [5.74, 6) is 0. The van der Waals surface area contributed by atoms with Crippen molar-refractivity contribution < 1.29 is 4.42 Å². The molecule has 0 bridgehead atoms. The quantitative estimate of drug-likeness (QED) is 0.158. The molecule has 0 unspecified atom stereocenters. The van der Waals surface area contributed by atoms with Gasteiger partial charge in [0.05, 0.1) is 5.41 Å². The van der Waals surface area contributed by atoms with E-state index in [-0.39, 0.29) is 5.41 Å². The van der Waals surface area contributed by atoms with Gasteiger partial charge in [0.2, 0.25) is 0 Å². The van der Waals surface area contributed by atoms with Crippen molar-refractivity contribution in [3.8, 4) is 44.5 Å². The highest BCUT2D eigenvalue weighted by Gasteiger charge is 2.46. The predicted molar refractivity (Wildman–Crippen MR) is 307 cm³/mol. The van der Waals surface area contributed by atoms with Crippen LogP contribution < -0.4 is 4.90 Å². The molecule has 0 radical (unpaired) electrons. The van der Waals surface area contributed by atoms with Crippen molar-refractivity contribution in [2.45, 2.75) is 24.7 Å². The molecule has 0 amide bonds. The SMILES string of the molecule is CC1(C)c2cc(-c3ccc4sc5ccccc5c4c3)ccc2-c2ccc(N(c3ccc(-c4ccc5oc6ccccc6c5c4)cc3)c3ccc4c(c3)-c3ccccc3C4(c3ccccc3)c3ccccc3)cc21. The summed E-state index contributed by atoms with van der Waals surface area (Å²) in [6, 6.07) is 92.4. The molecule has 11 aromatic carbocycles. The topological polar surface area (TPSA) is 16.4 Å². The molecule has 2 aliphatic carbocycles. The number of thiophene rings is 1. The number of para-hydroxylation sites is 1. The van der Waals surface area contributed by atoms with Gasteiger partial charge >= 0.3 is 0 Å². The van der Waals surface area contributed by atoms with Crippen LogP contribution in [0.1, 0.15) is 47.2 Å².